The Morgan fingerprint density at radius 2 is 2.20 bits per heavy atom. The van der Waals surface area contributed by atoms with Gasteiger partial charge in [0.25, 0.3) is 0 Å². The average molecular weight is 137 g/mol. The van der Waals surface area contributed by atoms with Gasteiger partial charge in [-0.05, 0) is 25.5 Å². The maximum absolute atomic E-state index is 5.57. The van der Waals surface area contributed by atoms with Crippen molar-refractivity contribution in [3.63, 3.8) is 0 Å². The Balaban J connectivity index is 4.11. The van der Waals surface area contributed by atoms with Crippen LogP contribution in [0.1, 0.15) is 20.3 Å². The minimum absolute atomic E-state index is 0.773. The zero-order chi connectivity index (χ0) is 7.98. The molecule has 0 heterocycles. The molecule has 1 nitrogen and oxygen atoms in total. The fraction of sp³-hybridized carbons (Fsp3) is 0.333. The van der Waals surface area contributed by atoms with Crippen molar-refractivity contribution in [3.8, 4) is 0 Å². The molecule has 0 bridgehead atoms. The molecule has 10 heavy (non-hydrogen) atoms. The van der Waals surface area contributed by atoms with E-state index >= 15 is 0 Å². The van der Waals surface area contributed by atoms with Gasteiger partial charge in [0.1, 0.15) is 0 Å². The molecule has 0 aliphatic carbocycles. The summed E-state index contributed by atoms with van der Waals surface area (Å²) in [5, 5.41) is 0. The lowest BCUT2D eigenvalue weighted by Crippen LogP contribution is -1.92. The van der Waals surface area contributed by atoms with Gasteiger partial charge >= 0.3 is 0 Å². The van der Waals surface area contributed by atoms with Crippen molar-refractivity contribution >= 4 is 0 Å². The third-order valence-corrected chi connectivity index (χ3v) is 1.28. The van der Waals surface area contributed by atoms with Crippen LogP contribution in [0.3, 0.4) is 0 Å². The quantitative estimate of drug-likeness (QED) is 0.594. The topological polar surface area (TPSA) is 26.0 Å². The molecule has 0 radical (unpaired) electrons. The molecule has 0 aliphatic heterocycles. The SMILES string of the molecule is C=C/C=C(N)\C=C(\C)CC. The fourth-order valence-electron chi connectivity index (χ4n) is 0.571. The Kier molecular flexibility index (Phi) is 4.38. The van der Waals surface area contributed by atoms with Crippen LogP contribution >= 0.6 is 0 Å². The smallest absolute Gasteiger partial charge is 0.0313 e. The molecule has 0 aromatic heterocycles. The minimum atomic E-state index is 0.773. The summed E-state index contributed by atoms with van der Waals surface area (Å²) in [6, 6.07) is 0. The predicted molar refractivity (Wildman–Crippen MR) is 46.5 cm³/mol. The standard InChI is InChI=1S/C9H15N/c1-4-6-9(10)7-8(3)5-2/h4,6-7H,1,5,10H2,2-3H3/b8-7-,9-6+. The molecule has 0 saturated heterocycles. The van der Waals surface area contributed by atoms with Gasteiger partial charge in [-0.1, -0.05) is 25.2 Å². The van der Waals surface area contributed by atoms with E-state index in [-0.39, 0.29) is 0 Å². The second-order valence-electron chi connectivity index (χ2n) is 2.25. The van der Waals surface area contributed by atoms with Crippen LogP contribution in [-0.2, 0) is 0 Å². The van der Waals surface area contributed by atoms with Crippen molar-refractivity contribution in [2.75, 3.05) is 0 Å². The first-order chi connectivity index (χ1) is 4.70. The van der Waals surface area contributed by atoms with Gasteiger partial charge in [0, 0.05) is 5.70 Å². The highest BCUT2D eigenvalue weighted by atomic mass is 14.5. The van der Waals surface area contributed by atoms with Crippen molar-refractivity contribution in [1.82, 2.24) is 0 Å². The van der Waals surface area contributed by atoms with E-state index in [1.165, 1.54) is 5.57 Å². The summed E-state index contributed by atoms with van der Waals surface area (Å²) < 4.78 is 0. The molecule has 0 spiro atoms. The van der Waals surface area contributed by atoms with Crippen molar-refractivity contribution in [2.45, 2.75) is 20.3 Å². The monoisotopic (exact) mass is 137 g/mol. The number of hydrogen-bond donors (Lipinski definition) is 1. The van der Waals surface area contributed by atoms with Crippen molar-refractivity contribution in [3.05, 3.63) is 36.1 Å². The third kappa shape index (κ3) is 3.96. The molecular formula is C9H15N. The number of rotatable bonds is 3. The van der Waals surface area contributed by atoms with E-state index in [2.05, 4.69) is 20.4 Å². The number of allylic oxidation sites excluding steroid dienone is 4. The predicted octanol–water partition coefficient (Wildman–Crippen LogP) is 2.37. The van der Waals surface area contributed by atoms with Gasteiger partial charge in [0.05, 0.1) is 0 Å². The van der Waals surface area contributed by atoms with Crippen molar-refractivity contribution < 1.29 is 0 Å². The van der Waals surface area contributed by atoms with Crippen LogP contribution < -0.4 is 5.73 Å². The lowest BCUT2D eigenvalue weighted by atomic mass is 10.2. The van der Waals surface area contributed by atoms with Crippen molar-refractivity contribution in [1.29, 1.82) is 0 Å². The van der Waals surface area contributed by atoms with E-state index in [1.54, 1.807) is 12.2 Å². The van der Waals surface area contributed by atoms with E-state index in [1.807, 2.05) is 6.08 Å². The van der Waals surface area contributed by atoms with Gasteiger partial charge < -0.3 is 5.73 Å². The van der Waals surface area contributed by atoms with Crippen molar-refractivity contribution in [2.24, 2.45) is 5.73 Å². The summed E-state index contributed by atoms with van der Waals surface area (Å²) in [6.45, 7) is 7.71. The summed E-state index contributed by atoms with van der Waals surface area (Å²) in [7, 11) is 0. The summed E-state index contributed by atoms with van der Waals surface area (Å²) >= 11 is 0. The van der Waals surface area contributed by atoms with Crippen LogP contribution in [0.2, 0.25) is 0 Å². The second kappa shape index (κ2) is 4.86. The van der Waals surface area contributed by atoms with E-state index in [9.17, 15) is 0 Å². The molecule has 0 fully saturated rings. The van der Waals surface area contributed by atoms with Gasteiger partial charge in [-0.2, -0.15) is 0 Å². The van der Waals surface area contributed by atoms with Crippen LogP contribution in [0.15, 0.2) is 36.1 Å². The van der Waals surface area contributed by atoms with E-state index < -0.39 is 0 Å². The van der Waals surface area contributed by atoms with Crippen LogP contribution in [0.4, 0.5) is 0 Å². The van der Waals surface area contributed by atoms with E-state index in [4.69, 9.17) is 5.73 Å². The summed E-state index contributed by atoms with van der Waals surface area (Å²) in [6.07, 6.45) is 6.49. The molecule has 56 valence electrons. The van der Waals surface area contributed by atoms with Gasteiger partial charge in [-0.15, -0.1) is 0 Å². The first-order valence-corrected chi connectivity index (χ1v) is 3.46. The fourth-order valence-corrected chi connectivity index (χ4v) is 0.571. The lowest BCUT2D eigenvalue weighted by molar-refractivity contribution is 1.09. The largest absolute Gasteiger partial charge is 0.399 e. The molecule has 0 aliphatic rings. The molecule has 0 rings (SSSR count). The maximum atomic E-state index is 5.57. The average Bonchev–Trinajstić information content (AvgIpc) is 1.88. The molecule has 0 aromatic rings. The lowest BCUT2D eigenvalue weighted by Gasteiger charge is -1.94. The molecule has 0 saturated carbocycles. The third-order valence-electron chi connectivity index (χ3n) is 1.28. The van der Waals surface area contributed by atoms with Gasteiger partial charge in [0.15, 0.2) is 0 Å². The summed E-state index contributed by atoms with van der Waals surface area (Å²) in [5.41, 5.74) is 7.63. The number of nitrogens with two attached hydrogens (primary N) is 1. The Labute approximate surface area is 62.9 Å². The Morgan fingerprint density at radius 1 is 1.60 bits per heavy atom. The Morgan fingerprint density at radius 3 is 2.60 bits per heavy atom. The maximum Gasteiger partial charge on any atom is 0.0313 e. The normalized spacial score (nSPS) is 13.4. The molecule has 0 unspecified atom stereocenters. The van der Waals surface area contributed by atoms with Crippen LogP contribution in [0, 0.1) is 0 Å². The zero-order valence-corrected chi connectivity index (χ0v) is 6.72. The Hall–Kier alpha value is -0.980. The second-order valence-corrected chi connectivity index (χ2v) is 2.25. The van der Waals surface area contributed by atoms with Gasteiger partial charge in [-0.25, -0.2) is 0 Å². The molecule has 2 N–H and O–H groups in total. The summed E-state index contributed by atoms with van der Waals surface area (Å²) in [4.78, 5) is 0. The molecule has 0 amide bonds. The molecular weight excluding hydrogens is 122 g/mol. The van der Waals surface area contributed by atoms with Crippen LogP contribution in [0.5, 0.6) is 0 Å². The minimum Gasteiger partial charge on any atom is -0.399 e. The Bertz CT molecular complexity index is 164. The number of hydrogen-bond acceptors (Lipinski definition) is 1. The van der Waals surface area contributed by atoms with Gasteiger partial charge in [0.2, 0.25) is 0 Å². The summed E-state index contributed by atoms with van der Waals surface area (Å²) in [5.74, 6) is 0. The van der Waals surface area contributed by atoms with E-state index in [0.717, 1.165) is 12.1 Å². The first-order valence-electron chi connectivity index (χ1n) is 3.46. The molecule has 0 atom stereocenters. The zero-order valence-electron chi connectivity index (χ0n) is 6.72. The van der Waals surface area contributed by atoms with Crippen LogP contribution in [0.25, 0.3) is 0 Å². The van der Waals surface area contributed by atoms with Crippen LogP contribution in [-0.4, -0.2) is 0 Å². The first kappa shape index (κ1) is 9.02. The molecule has 1 heteroatoms. The van der Waals surface area contributed by atoms with Gasteiger partial charge in [-0.3, -0.25) is 0 Å². The molecule has 0 aromatic carbocycles. The highest BCUT2D eigenvalue weighted by Crippen LogP contribution is 2.00. The highest BCUT2D eigenvalue weighted by Gasteiger charge is 1.83. The van der Waals surface area contributed by atoms with E-state index in [0.29, 0.717) is 0 Å². The highest BCUT2D eigenvalue weighted by molar-refractivity contribution is 5.22.